The van der Waals surface area contributed by atoms with E-state index in [4.69, 9.17) is 0 Å². The van der Waals surface area contributed by atoms with Gasteiger partial charge in [0.2, 0.25) is 5.91 Å². The fourth-order valence-electron chi connectivity index (χ4n) is 1.27. The van der Waals surface area contributed by atoms with Crippen LogP contribution < -0.4 is 0 Å². The predicted molar refractivity (Wildman–Crippen MR) is 71.7 cm³/mol. The molecular formula is C11H17BrN2OS. The molecule has 0 spiro atoms. The van der Waals surface area contributed by atoms with Crippen molar-refractivity contribution >= 4 is 33.2 Å². The van der Waals surface area contributed by atoms with Gasteiger partial charge >= 0.3 is 0 Å². The Balaban J connectivity index is 2.52. The highest BCUT2D eigenvalue weighted by Crippen LogP contribution is 2.21. The molecule has 16 heavy (non-hydrogen) atoms. The van der Waals surface area contributed by atoms with Gasteiger partial charge in [-0.05, 0) is 28.5 Å². The Bertz CT molecular complexity index is 352. The second-order valence-electron chi connectivity index (χ2n) is 3.82. The first-order chi connectivity index (χ1) is 7.52. The van der Waals surface area contributed by atoms with Gasteiger partial charge in [0, 0.05) is 35.4 Å². The molecule has 0 saturated heterocycles. The van der Waals surface area contributed by atoms with E-state index in [1.165, 1.54) is 4.88 Å². The number of hydrogen-bond acceptors (Lipinski definition) is 3. The maximum absolute atomic E-state index is 11.6. The summed E-state index contributed by atoms with van der Waals surface area (Å²) in [5.74, 6) is 0.150. The molecule has 3 nitrogen and oxygen atoms in total. The first kappa shape index (κ1) is 13.7. The zero-order chi connectivity index (χ0) is 12.1. The van der Waals surface area contributed by atoms with Gasteiger partial charge in [0.25, 0.3) is 0 Å². The highest BCUT2D eigenvalue weighted by Gasteiger charge is 2.11. The van der Waals surface area contributed by atoms with Crippen LogP contribution in [0.3, 0.4) is 0 Å². The SMILES string of the molecule is CCN(CC(=O)N(C)C)Cc1cc(Br)cs1. The van der Waals surface area contributed by atoms with E-state index in [-0.39, 0.29) is 5.91 Å². The number of thiophene rings is 1. The Morgan fingerprint density at radius 1 is 1.50 bits per heavy atom. The highest BCUT2D eigenvalue weighted by molar-refractivity contribution is 9.10. The molecule has 0 fully saturated rings. The summed E-state index contributed by atoms with van der Waals surface area (Å²) in [6, 6.07) is 2.10. The third-order valence-corrected chi connectivity index (χ3v) is 3.99. The van der Waals surface area contributed by atoms with Gasteiger partial charge in [0.15, 0.2) is 0 Å². The topological polar surface area (TPSA) is 23.6 Å². The summed E-state index contributed by atoms with van der Waals surface area (Å²) >= 11 is 5.15. The Hall–Kier alpha value is -0.390. The Morgan fingerprint density at radius 3 is 2.62 bits per heavy atom. The molecule has 0 saturated carbocycles. The van der Waals surface area contributed by atoms with Crippen molar-refractivity contribution in [3.8, 4) is 0 Å². The molecule has 1 amide bonds. The van der Waals surface area contributed by atoms with E-state index in [1.807, 2.05) is 0 Å². The van der Waals surface area contributed by atoms with Crippen molar-refractivity contribution in [2.24, 2.45) is 0 Å². The lowest BCUT2D eigenvalue weighted by atomic mass is 10.4. The van der Waals surface area contributed by atoms with Gasteiger partial charge in [-0.25, -0.2) is 0 Å². The van der Waals surface area contributed by atoms with Crippen LogP contribution >= 0.6 is 27.3 Å². The summed E-state index contributed by atoms with van der Waals surface area (Å²) in [6.07, 6.45) is 0. The van der Waals surface area contributed by atoms with Gasteiger partial charge < -0.3 is 4.90 Å². The van der Waals surface area contributed by atoms with E-state index < -0.39 is 0 Å². The molecule has 0 aliphatic carbocycles. The number of carbonyl (C=O) groups is 1. The van der Waals surface area contributed by atoms with Crippen LogP contribution in [0.15, 0.2) is 15.9 Å². The van der Waals surface area contributed by atoms with Crippen molar-refractivity contribution in [3.05, 3.63) is 20.8 Å². The third-order valence-electron chi connectivity index (χ3n) is 2.31. The predicted octanol–water partition coefficient (Wildman–Crippen LogP) is 2.42. The second kappa shape index (κ2) is 6.37. The van der Waals surface area contributed by atoms with Crippen molar-refractivity contribution < 1.29 is 4.79 Å². The lowest BCUT2D eigenvalue weighted by molar-refractivity contribution is -0.130. The summed E-state index contributed by atoms with van der Waals surface area (Å²) in [7, 11) is 3.58. The number of halogens is 1. The zero-order valence-corrected chi connectivity index (χ0v) is 12.3. The molecule has 1 aromatic rings. The number of amides is 1. The molecule has 0 atom stereocenters. The van der Waals surface area contributed by atoms with E-state index in [1.54, 1.807) is 30.3 Å². The molecule has 0 aliphatic rings. The molecule has 1 rings (SSSR count). The van der Waals surface area contributed by atoms with Gasteiger partial charge in [0.1, 0.15) is 0 Å². The standard InChI is InChI=1S/C11H17BrN2OS/c1-4-14(7-11(15)13(2)3)6-10-5-9(12)8-16-10/h5,8H,4,6-7H2,1-3H3. The largest absolute Gasteiger partial charge is 0.348 e. The summed E-state index contributed by atoms with van der Waals surface area (Å²) in [5.41, 5.74) is 0. The first-order valence-electron chi connectivity index (χ1n) is 5.18. The van der Waals surface area contributed by atoms with Crippen LogP contribution in [0.5, 0.6) is 0 Å². The summed E-state index contributed by atoms with van der Waals surface area (Å²) in [4.78, 5) is 16.6. The summed E-state index contributed by atoms with van der Waals surface area (Å²) < 4.78 is 1.11. The molecule has 0 N–H and O–H groups in total. The van der Waals surface area contributed by atoms with Crippen LogP contribution in [0.25, 0.3) is 0 Å². The van der Waals surface area contributed by atoms with Crippen LogP contribution in [0.4, 0.5) is 0 Å². The smallest absolute Gasteiger partial charge is 0.236 e. The van der Waals surface area contributed by atoms with Crippen molar-refractivity contribution in [2.45, 2.75) is 13.5 Å². The summed E-state index contributed by atoms with van der Waals surface area (Å²) in [6.45, 7) is 4.28. The molecule has 0 aromatic carbocycles. The second-order valence-corrected chi connectivity index (χ2v) is 5.73. The molecule has 0 aliphatic heterocycles. The van der Waals surface area contributed by atoms with E-state index in [0.717, 1.165) is 17.6 Å². The average Bonchev–Trinajstić information content (AvgIpc) is 2.62. The molecule has 0 bridgehead atoms. The normalized spacial score (nSPS) is 10.8. The molecule has 1 heterocycles. The Morgan fingerprint density at radius 2 is 2.19 bits per heavy atom. The van der Waals surface area contributed by atoms with Crippen LogP contribution in [-0.2, 0) is 11.3 Å². The molecule has 0 unspecified atom stereocenters. The first-order valence-corrected chi connectivity index (χ1v) is 6.85. The van der Waals surface area contributed by atoms with Gasteiger partial charge in [-0.3, -0.25) is 9.69 Å². The van der Waals surface area contributed by atoms with Crippen LogP contribution in [-0.4, -0.2) is 42.9 Å². The lowest BCUT2D eigenvalue weighted by Gasteiger charge is -2.21. The van der Waals surface area contributed by atoms with Crippen LogP contribution in [0.1, 0.15) is 11.8 Å². The number of rotatable bonds is 5. The maximum Gasteiger partial charge on any atom is 0.236 e. The van der Waals surface area contributed by atoms with E-state index >= 15 is 0 Å². The summed E-state index contributed by atoms with van der Waals surface area (Å²) in [5, 5.41) is 2.07. The molecule has 5 heteroatoms. The minimum atomic E-state index is 0.150. The minimum absolute atomic E-state index is 0.150. The minimum Gasteiger partial charge on any atom is -0.348 e. The molecule has 90 valence electrons. The number of likely N-dealkylation sites (N-methyl/N-ethyl adjacent to an activating group) is 2. The zero-order valence-electron chi connectivity index (χ0n) is 9.86. The van der Waals surface area contributed by atoms with Gasteiger partial charge in [-0.1, -0.05) is 6.92 Å². The van der Waals surface area contributed by atoms with Crippen molar-refractivity contribution in [1.29, 1.82) is 0 Å². The quantitative estimate of drug-likeness (QED) is 0.834. The molecule has 1 aromatic heterocycles. The van der Waals surface area contributed by atoms with Crippen molar-refractivity contribution in [1.82, 2.24) is 9.80 Å². The lowest BCUT2D eigenvalue weighted by Crippen LogP contribution is -2.36. The molecule has 0 radical (unpaired) electrons. The number of nitrogens with zero attached hydrogens (tertiary/aromatic N) is 2. The van der Waals surface area contributed by atoms with Gasteiger partial charge in [-0.15, -0.1) is 11.3 Å². The highest BCUT2D eigenvalue weighted by atomic mass is 79.9. The monoisotopic (exact) mass is 304 g/mol. The molecular weight excluding hydrogens is 288 g/mol. The fraction of sp³-hybridized carbons (Fsp3) is 0.545. The fourth-order valence-corrected chi connectivity index (χ4v) is 2.76. The van der Waals surface area contributed by atoms with Gasteiger partial charge in [-0.2, -0.15) is 0 Å². The van der Waals surface area contributed by atoms with E-state index in [2.05, 4.69) is 39.2 Å². The van der Waals surface area contributed by atoms with Crippen LogP contribution in [0.2, 0.25) is 0 Å². The average molecular weight is 305 g/mol. The maximum atomic E-state index is 11.6. The van der Waals surface area contributed by atoms with E-state index in [9.17, 15) is 4.79 Å². The van der Waals surface area contributed by atoms with Crippen LogP contribution in [0, 0.1) is 0 Å². The van der Waals surface area contributed by atoms with Gasteiger partial charge in [0.05, 0.1) is 6.54 Å². The van der Waals surface area contributed by atoms with E-state index in [0.29, 0.717) is 6.54 Å². The Kier molecular flexibility index (Phi) is 5.44. The Labute approximate surface area is 109 Å². The number of hydrogen-bond donors (Lipinski definition) is 0. The van der Waals surface area contributed by atoms with Crippen molar-refractivity contribution in [3.63, 3.8) is 0 Å². The number of carbonyl (C=O) groups excluding carboxylic acids is 1. The van der Waals surface area contributed by atoms with Crippen molar-refractivity contribution in [2.75, 3.05) is 27.2 Å². The third kappa shape index (κ3) is 4.23.